The highest BCUT2D eigenvalue weighted by Crippen LogP contribution is 2.36. The zero-order valence-electron chi connectivity index (χ0n) is 14.8. The second-order valence-corrected chi connectivity index (χ2v) is 8.14. The van der Waals surface area contributed by atoms with E-state index in [1.54, 1.807) is 0 Å². The number of likely N-dealkylation sites (tertiary alicyclic amines) is 1. The van der Waals surface area contributed by atoms with Crippen molar-refractivity contribution in [3.63, 3.8) is 0 Å². The molecule has 3 heterocycles. The third-order valence-corrected chi connectivity index (χ3v) is 5.90. The molecule has 1 aliphatic rings. The van der Waals surface area contributed by atoms with Crippen LogP contribution in [0.15, 0.2) is 36.0 Å². The van der Waals surface area contributed by atoms with Crippen LogP contribution in [0.3, 0.4) is 0 Å². The van der Waals surface area contributed by atoms with Crippen LogP contribution in [0.4, 0.5) is 0 Å². The maximum atomic E-state index is 5.88. The zero-order chi connectivity index (χ0) is 16.8. The Kier molecular flexibility index (Phi) is 6.04. The van der Waals surface area contributed by atoms with Crippen molar-refractivity contribution >= 4 is 11.3 Å². The lowest BCUT2D eigenvalue weighted by Gasteiger charge is -2.29. The molecule has 1 unspecified atom stereocenters. The number of hydrogen-bond donors (Lipinski definition) is 0. The largest absolute Gasteiger partial charge is 0.381 e. The quantitative estimate of drug-likeness (QED) is 0.713. The van der Waals surface area contributed by atoms with Crippen molar-refractivity contribution in [2.45, 2.75) is 39.7 Å². The molecule has 2 aromatic rings. The third-order valence-electron chi connectivity index (χ3n) is 4.99. The molecule has 1 saturated heterocycles. The molecule has 2 aromatic heterocycles. The van der Waals surface area contributed by atoms with Gasteiger partial charge in [0.2, 0.25) is 0 Å². The standard InChI is InChI=1S/C20H28N2OS/c1-3-23-16-20(7-6-18-11-17(2)24-14-18)8-10-22(15-20)13-19-5-4-9-21-12-19/h4-5,9,11-12,14H,3,6-8,10,13,15-16H2,1-2H3. The Labute approximate surface area is 149 Å². The van der Waals surface area contributed by atoms with Gasteiger partial charge in [-0.1, -0.05) is 6.07 Å². The minimum atomic E-state index is 0.300. The molecule has 0 spiro atoms. The number of rotatable bonds is 8. The summed E-state index contributed by atoms with van der Waals surface area (Å²) in [5, 5.41) is 2.31. The topological polar surface area (TPSA) is 25.4 Å². The highest BCUT2D eigenvalue weighted by Gasteiger charge is 2.37. The van der Waals surface area contributed by atoms with Gasteiger partial charge < -0.3 is 4.74 Å². The van der Waals surface area contributed by atoms with Gasteiger partial charge in [0.1, 0.15) is 0 Å². The normalized spacial score (nSPS) is 21.4. The molecule has 0 amide bonds. The Morgan fingerprint density at radius 1 is 1.38 bits per heavy atom. The van der Waals surface area contributed by atoms with Gasteiger partial charge >= 0.3 is 0 Å². The van der Waals surface area contributed by atoms with E-state index in [9.17, 15) is 0 Å². The first-order valence-corrected chi connectivity index (χ1v) is 9.80. The van der Waals surface area contributed by atoms with Gasteiger partial charge in [-0.2, -0.15) is 0 Å². The second kappa shape index (κ2) is 8.24. The minimum absolute atomic E-state index is 0.300. The van der Waals surface area contributed by atoms with Gasteiger partial charge in [0, 0.05) is 42.4 Å². The lowest BCUT2D eigenvalue weighted by Crippen LogP contribution is -2.32. The predicted molar refractivity (Wildman–Crippen MR) is 100 cm³/mol. The van der Waals surface area contributed by atoms with Crippen LogP contribution in [0, 0.1) is 12.3 Å². The Morgan fingerprint density at radius 2 is 2.29 bits per heavy atom. The van der Waals surface area contributed by atoms with E-state index in [0.717, 1.165) is 39.3 Å². The molecule has 3 rings (SSSR count). The molecule has 0 bridgehead atoms. The summed E-state index contributed by atoms with van der Waals surface area (Å²) in [5.41, 5.74) is 3.09. The zero-order valence-corrected chi connectivity index (χ0v) is 15.6. The van der Waals surface area contributed by atoms with Gasteiger partial charge in [-0.15, -0.1) is 11.3 Å². The molecule has 130 valence electrons. The van der Waals surface area contributed by atoms with Gasteiger partial charge in [-0.25, -0.2) is 0 Å². The molecular formula is C20H28N2OS. The van der Waals surface area contributed by atoms with Crippen LogP contribution in [0.2, 0.25) is 0 Å². The van der Waals surface area contributed by atoms with E-state index in [0.29, 0.717) is 5.41 Å². The first-order valence-electron chi connectivity index (χ1n) is 8.92. The van der Waals surface area contributed by atoms with Crippen LogP contribution in [0.25, 0.3) is 0 Å². The number of pyridine rings is 1. The summed E-state index contributed by atoms with van der Waals surface area (Å²) in [6.45, 7) is 9.26. The minimum Gasteiger partial charge on any atom is -0.381 e. The van der Waals surface area contributed by atoms with E-state index < -0.39 is 0 Å². The maximum Gasteiger partial charge on any atom is 0.0535 e. The van der Waals surface area contributed by atoms with E-state index in [-0.39, 0.29) is 0 Å². The van der Waals surface area contributed by atoms with Crippen molar-refractivity contribution in [3.8, 4) is 0 Å². The number of ether oxygens (including phenoxy) is 1. The Bertz CT molecular complexity index is 628. The number of hydrogen-bond acceptors (Lipinski definition) is 4. The molecule has 0 aromatic carbocycles. The van der Waals surface area contributed by atoms with Gasteiger partial charge in [0.25, 0.3) is 0 Å². The molecule has 0 aliphatic carbocycles. The summed E-state index contributed by atoms with van der Waals surface area (Å²) in [7, 11) is 0. The highest BCUT2D eigenvalue weighted by atomic mass is 32.1. The van der Waals surface area contributed by atoms with Gasteiger partial charge in [0.05, 0.1) is 6.61 Å². The molecule has 0 N–H and O–H groups in total. The van der Waals surface area contributed by atoms with Crippen LogP contribution in [0.5, 0.6) is 0 Å². The first-order chi connectivity index (χ1) is 11.7. The van der Waals surface area contributed by atoms with Gasteiger partial charge in [0.15, 0.2) is 0 Å². The van der Waals surface area contributed by atoms with Crippen molar-refractivity contribution in [2.75, 3.05) is 26.3 Å². The fourth-order valence-electron chi connectivity index (χ4n) is 3.66. The fourth-order valence-corrected chi connectivity index (χ4v) is 4.41. The molecule has 1 fully saturated rings. The van der Waals surface area contributed by atoms with E-state index in [4.69, 9.17) is 4.74 Å². The SMILES string of the molecule is CCOCC1(CCc2csc(C)c2)CCN(Cc2cccnc2)C1. The Hall–Kier alpha value is -1.23. The Balaban J connectivity index is 1.61. The van der Waals surface area contributed by atoms with Crippen molar-refractivity contribution in [1.82, 2.24) is 9.88 Å². The molecule has 4 heteroatoms. The summed E-state index contributed by atoms with van der Waals surface area (Å²) in [6.07, 6.45) is 7.44. The predicted octanol–water partition coefficient (Wildman–Crippen LogP) is 4.31. The summed E-state index contributed by atoms with van der Waals surface area (Å²) in [6, 6.07) is 6.53. The number of nitrogens with zero attached hydrogens (tertiary/aromatic N) is 2. The molecule has 24 heavy (non-hydrogen) atoms. The van der Waals surface area contributed by atoms with E-state index in [1.165, 1.54) is 28.8 Å². The van der Waals surface area contributed by atoms with Crippen LogP contribution < -0.4 is 0 Å². The first kappa shape index (κ1) is 17.6. The second-order valence-electron chi connectivity index (χ2n) is 7.02. The molecule has 1 aliphatic heterocycles. The third kappa shape index (κ3) is 4.65. The van der Waals surface area contributed by atoms with Gasteiger partial charge in [-0.3, -0.25) is 9.88 Å². The van der Waals surface area contributed by atoms with Crippen LogP contribution in [-0.4, -0.2) is 36.2 Å². The highest BCUT2D eigenvalue weighted by molar-refractivity contribution is 7.10. The summed E-state index contributed by atoms with van der Waals surface area (Å²) in [5.74, 6) is 0. The average molecular weight is 345 g/mol. The fraction of sp³-hybridized carbons (Fsp3) is 0.550. The Morgan fingerprint density at radius 3 is 3.00 bits per heavy atom. The lowest BCUT2D eigenvalue weighted by molar-refractivity contribution is 0.0489. The van der Waals surface area contributed by atoms with E-state index in [1.807, 2.05) is 29.8 Å². The molecule has 3 nitrogen and oxygen atoms in total. The van der Waals surface area contributed by atoms with Crippen molar-refractivity contribution in [2.24, 2.45) is 5.41 Å². The summed E-state index contributed by atoms with van der Waals surface area (Å²) >= 11 is 1.86. The summed E-state index contributed by atoms with van der Waals surface area (Å²) < 4.78 is 5.88. The summed E-state index contributed by atoms with van der Waals surface area (Å²) in [4.78, 5) is 8.22. The van der Waals surface area contributed by atoms with Crippen molar-refractivity contribution in [1.29, 1.82) is 0 Å². The van der Waals surface area contributed by atoms with Gasteiger partial charge in [-0.05, 0) is 68.3 Å². The number of aromatic nitrogens is 1. The van der Waals surface area contributed by atoms with Crippen LogP contribution in [-0.2, 0) is 17.7 Å². The average Bonchev–Trinajstić information content (AvgIpc) is 3.19. The van der Waals surface area contributed by atoms with Crippen LogP contribution in [0.1, 0.15) is 35.8 Å². The lowest BCUT2D eigenvalue weighted by atomic mass is 9.82. The molecular weight excluding hydrogens is 316 g/mol. The van der Waals surface area contributed by atoms with Crippen molar-refractivity contribution < 1.29 is 4.74 Å². The smallest absolute Gasteiger partial charge is 0.0535 e. The van der Waals surface area contributed by atoms with E-state index >= 15 is 0 Å². The maximum absolute atomic E-state index is 5.88. The number of thiophene rings is 1. The monoisotopic (exact) mass is 344 g/mol. The van der Waals surface area contributed by atoms with Crippen molar-refractivity contribution in [3.05, 3.63) is 52.0 Å². The van der Waals surface area contributed by atoms with Crippen LogP contribution >= 0.6 is 11.3 Å². The molecule has 0 saturated carbocycles. The van der Waals surface area contributed by atoms with E-state index in [2.05, 4.69) is 41.2 Å². The molecule has 1 atom stereocenters. The molecule has 0 radical (unpaired) electrons. The number of aryl methyl sites for hydroxylation is 2.